The molecule has 2 aromatic rings. The van der Waals surface area contributed by atoms with Crippen LogP contribution in [0.3, 0.4) is 0 Å². The molecule has 24 heavy (non-hydrogen) atoms. The van der Waals surface area contributed by atoms with E-state index in [9.17, 15) is 4.79 Å². The Morgan fingerprint density at radius 3 is 2.58 bits per heavy atom. The van der Waals surface area contributed by atoms with Crippen molar-refractivity contribution in [2.45, 2.75) is 25.7 Å². The molecule has 0 aliphatic heterocycles. The fourth-order valence-electron chi connectivity index (χ4n) is 2.84. The number of halogens is 1. The number of anilines is 1. The molecule has 0 saturated carbocycles. The molecule has 0 saturated heterocycles. The van der Waals surface area contributed by atoms with Crippen LogP contribution in [0.2, 0.25) is 0 Å². The van der Waals surface area contributed by atoms with E-state index in [1.807, 2.05) is 30.3 Å². The first kappa shape index (κ1) is 16.8. The highest BCUT2D eigenvalue weighted by atomic mass is 79.9. The molecule has 126 valence electrons. The molecule has 2 N–H and O–H groups in total. The minimum Gasteiger partial charge on any atom is -0.492 e. The predicted molar refractivity (Wildman–Crippen MR) is 99.7 cm³/mol. The predicted octanol–water partition coefficient (Wildman–Crippen LogP) is 4.53. The number of carbonyl (C=O) groups is 1. The number of carbonyl (C=O) groups excluding carboxylic acids is 1. The maximum Gasteiger partial charge on any atom is 0.319 e. The topological polar surface area (TPSA) is 50.4 Å². The summed E-state index contributed by atoms with van der Waals surface area (Å²) in [5, 5.41) is 5.57. The van der Waals surface area contributed by atoms with Gasteiger partial charge in [0.1, 0.15) is 12.4 Å². The third-order valence-corrected chi connectivity index (χ3v) is 4.61. The number of benzene rings is 2. The number of ether oxygens (including phenoxy) is 1. The van der Waals surface area contributed by atoms with Crippen LogP contribution in [0.15, 0.2) is 46.9 Å². The van der Waals surface area contributed by atoms with E-state index in [4.69, 9.17) is 4.74 Å². The SMILES string of the molecule is O=C(NCCOc1ccc2c(c1)CCCC2)Nc1ccc(Br)cc1. The Labute approximate surface area is 150 Å². The smallest absolute Gasteiger partial charge is 0.319 e. The fraction of sp³-hybridized carbons (Fsp3) is 0.316. The van der Waals surface area contributed by atoms with Crippen LogP contribution in [0.4, 0.5) is 10.5 Å². The number of fused-ring (bicyclic) bond motifs is 1. The summed E-state index contributed by atoms with van der Waals surface area (Å²) in [6.07, 6.45) is 4.85. The standard InChI is InChI=1S/C19H21BrN2O2/c20-16-6-8-17(9-7-16)22-19(23)21-11-12-24-18-10-5-14-3-1-2-4-15(14)13-18/h5-10,13H,1-4,11-12H2,(H2,21,22,23). The number of amides is 2. The van der Waals surface area contributed by atoms with Crippen molar-refractivity contribution in [2.75, 3.05) is 18.5 Å². The Morgan fingerprint density at radius 1 is 1.04 bits per heavy atom. The Bertz CT molecular complexity index is 701. The van der Waals surface area contributed by atoms with E-state index in [1.165, 1.54) is 30.4 Å². The third kappa shape index (κ3) is 4.74. The van der Waals surface area contributed by atoms with E-state index >= 15 is 0 Å². The quantitative estimate of drug-likeness (QED) is 0.739. The van der Waals surface area contributed by atoms with Crippen LogP contribution in [0.1, 0.15) is 24.0 Å². The van der Waals surface area contributed by atoms with Crippen LogP contribution < -0.4 is 15.4 Å². The third-order valence-electron chi connectivity index (χ3n) is 4.08. The van der Waals surface area contributed by atoms with Crippen LogP contribution in [0.25, 0.3) is 0 Å². The van der Waals surface area contributed by atoms with E-state index in [0.29, 0.717) is 13.2 Å². The molecule has 0 atom stereocenters. The highest BCUT2D eigenvalue weighted by molar-refractivity contribution is 9.10. The van der Waals surface area contributed by atoms with Crippen molar-refractivity contribution in [1.29, 1.82) is 0 Å². The molecule has 0 fully saturated rings. The minimum atomic E-state index is -0.230. The second-order valence-electron chi connectivity index (χ2n) is 5.87. The van der Waals surface area contributed by atoms with Gasteiger partial charge in [0.15, 0.2) is 0 Å². The summed E-state index contributed by atoms with van der Waals surface area (Å²) in [4.78, 5) is 11.8. The van der Waals surface area contributed by atoms with Crippen molar-refractivity contribution in [1.82, 2.24) is 5.32 Å². The van der Waals surface area contributed by atoms with Gasteiger partial charge >= 0.3 is 6.03 Å². The van der Waals surface area contributed by atoms with Crippen LogP contribution in [0, 0.1) is 0 Å². The number of hydrogen-bond donors (Lipinski definition) is 2. The maximum absolute atomic E-state index is 11.8. The van der Waals surface area contributed by atoms with Crippen molar-refractivity contribution in [3.63, 3.8) is 0 Å². The van der Waals surface area contributed by atoms with Crippen molar-refractivity contribution < 1.29 is 9.53 Å². The van der Waals surface area contributed by atoms with Gasteiger partial charge < -0.3 is 15.4 Å². The van der Waals surface area contributed by atoms with Gasteiger partial charge in [0.25, 0.3) is 0 Å². The van der Waals surface area contributed by atoms with Gasteiger partial charge in [0.2, 0.25) is 0 Å². The van der Waals surface area contributed by atoms with Gasteiger partial charge in [0, 0.05) is 10.2 Å². The van der Waals surface area contributed by atoms with Crippen molar-refractivity contribution >= 4 is 27.6 Å². The molecule has 5 heteroatoms. The first-order valence-corrected chi connectivity index (χ1v) is 9.05. The van der Waals surface area contributed by atoms with Crippen molar-refractivity contribution in [3.8, 4) is 5.75 Å². The summed E-state index contributed by atoms with van der Waals surface area (Å²) in [7, 11) is 0. The zero-order valence-corrected chi connectivity index (χ0v) is 15.1. The summed E-state index contributed by atoms with van der Waals surface area (Å²) >= 11 is 3.36. The average molecular weight is 389 g/mol. The first-order chi connectivity index (χ1) is 11.7. The second-order valence-corrected chi connectivity index (χ2v) is 6.79. The second kappa shape index (κ2) is 8.20. The summed E-state index contributed by atoms with van der Waals surface area (Å²) in [5.74, 6) is 0.880. The largest absolute Gasteiger partial charge is 0.492 e. The molecule has 4 nitrogen and oxygen atoms in total. The lowest BCUT2D eigenvalue weighted by atomic mass is 9.92. The highest BCUT2D eigenvalue weighted by Crippen LogP contribution is 2.25. The van der Waals surface area contributed by atoms with Gasteiger partial charge in [-0.3, -0.25) is 0 Å². The lowest BCUT2D eigenvalue weighted by Gasteiger charge is -2.17. The molecule has 1 aliphatic carbocycles. The molecule has 1 aliphatic rings. The Kier molecular flexibility index (Phi) is 5.75. The molecule has 2 aromatic carbocycles. The van der Waals surface area contributed by atoms with E-state index in [0.717, 1.165) is 22.3 Å². The van der Waals surface area contributed by atoms with E-state index in [2.05, 4.69) is 38.7 Å². The normalized spacial score (nSPS) is 13.0. The molecule has 0 heterocycles. The molecule has 0 bridgehead atoms. The Hall–Kier alpha value is -2.01. The molecule has 0 unspecified atom stereocenters. The molecule has 0 radical (unpaired) electrons. The van der Waals surface area contributed by atoms with Gasteiger partial charge in [-0.05, 0) is 73.2 Å². The number of hydrogen-bond acceptors (Lipinski definition) is 2. The zero-order chi connectivity index (χ0) is 16.8. The molecule has 0 spiro atoms. The minimum absolute atomic E-state index is 0.230. The van der Waals surface area contributed by atoms with E-state index in [1.54, 1.807) is 0 Å². The van der Waals surface area contributed by atoms with Gasteiger partial charge in [-0.2, -0.15) is 0 Å². The number of aryl methyl sites for hydroxylation is 2. The van der Waals surface area contributed by atoms with E-state index < -0.39 is 0 Å². The number of rotatable bonds is 5. The number of urea groups is 1. The highest BCUT2D eigenvalue weighted by Gasteiger charge is 2.09. The summed E-state index contributed by atoms with van der Waals surface area (Å²) in [6, 6.07) is 13.5. The van der Waals surface area contributed by atoms with Crippen LogP contribution in [-0.4, -0.2) is 19.2 Å². The van der Waals surface area contributed by atoms with Gasteiger partial charge in [-0.25, -0.2) is 4.79 Å². The fourth-order valence-corrected chi connectivity index (χ4v) is 3.11. The maximum atomic E-state index is 11.8. The lowest BCUT2D eigenvalue weighted by molar-refractivity contribution is 0.247. The summed E-state index contributed by atoms with van der Waals surface area (Å²) in [5.41, 5.74) is 3.60. The van der Waals surface area contributed by atoms with Crippen LogP contribution in [0.5, 0.6) is 5.75 Å². The Balaban J connectivity index is 1.40. The average Bonchev–Trinajstić information content (AvgIpc) is 2.60. The molecule has 0 aromatic heterocycles. The monoisotopic (exact) mass is 388 g/mol. The molecule has 2 amide bonds. The number of nitrogens with one attached hydrogen (secondary N) is 2. The lowest BCUT2D eigenvalue weighted by Crippen LogP contribution is -2.32. The summed E-state index contributed by atoms with van der Waals surface area (Å²) in [6.45, 7) is 0.909. The van der Waals surface area contributed by atoms with Gasteiger partial charge in [-0.15, -0.1) is 0 Å². The molecule has 3 rings (SSSR count). The van der Waals surface area contributed by atoms with Crippen LogP contribution >= 0.6 is 15.9 Å². The van der Waals surface area contributed by atoms with Gasteiger partial charge in [-0.1, -0.05) is 22.0 Å². The summed E-state index contributed by atoms with van der Waals surface area (Å²) < 4.78 is 6.72. The van der Waals surface area contributed by atoms with Crippen molar-refractivity contribution in [2.24, 2.45) is 0 Å². The first-order valence-electron chi connectivity index (χ1n) is 8.26. The zero-order valence-electron chi connectivity index (χ0n) is 13.5. The van der Waals surface area contributed by atoms with Crippen LogP contribution in [-0.2, 0) is 12.8 Å². The van der Waals surface area contributed by atoms with E-state index in [-0.39, 0.29) is 6.03 Å². The van der Waals surface area contributed by atoms with Gasteiger partial charge in [0.05, 0.1) is 6.54 Å². The van der Waals surface area contributed by atoms with Crippen molar-refractivity contribution in [3.05, 3.63) is 58.1 Å². The molecular weight excluding hydrogens is 368 g/mol. The molecular formula is C19H21BrN2O2. The Morgan fingerprint density at radius 2 is 1.79 bits per heavy atom.